The van der Waals surface area contributed by atoms with Crippen molar-refractivity contribution in [1.82, 2.24) is 9.99 Å². The largest absolute Gasteiger partial charge is 0.395 e. The number of nitrogens with two attached hydrogens (primary N) is 1. The molecular weight excluding hydrogens is 192 g/mol. The first-order valence-electron chi connectivity index (χ1n) is 5.08. The molecule has 1 aliphatic rings. The number of aryl methyl sites for hydroxylation is 1. The minimum Gasteiger partial charge on any atom is -0.395 e. The number of rotatable bonds is 2. The minimum atomic E-state index is 0.712. The Morgan fingerprint density at radius 3 is 2.93 bits per heavy atom. The van der Waals surface area contributed by atoms with Gasteiger partial charge in [-0.15, -0.1) is 0 Å². The molecule has 82 valence electrons. The molecule has 0 unspecified atom stereocenters. The lowest BCUT2D eigenvalue weighted by atomic mass is 10.2. The van der Waals surface area contributed by atoms with E-state index in [1.807, 2.05) is 13.0 Å². The van der Waals surface area contributed by atoms with Gasteiger partial charge in [0.2, 0.25) is 0 Å². The van der Waals surface area contributed by atoms with Gasteiger partial charge in [-0.2, -0.15) is 0 Å². The molecule has 1 aromatic heterocycles. The number of morpholine rings is 1. The van der Waals surface area contributed by atoms with E-state index in [2.05, 4.69) is 15.4 Å². The number of anilines is 2. The fourth-order valence-electron chi connectivity index (χ4n) is 1.48. The van der Waals surface area contributed by atoms with Crippen molar-refractivity contribution >= 4 is 11.5 Å². The highest BCUT2D eigenvalue weighted by atomic mass is 16.5. The third-order valence-corrected chi connectivity index (χ3v) is 2.48. The van der Waals surface area contributed by atoms with Gasteiger partial charge in [-0.25, -0.2) is 9.99 Å². The Kier molecular flexibility index (Phi) is 3.03. The molecule has 5 nitrogen and oxygen atoms in total. The summed E-state index contributed by atoms with van der Waals surface area (Å²) in [4.78, 5) is 4.21. The Bertz CT molecular complexity index is 336. The van der Waals surface area contributed by atoms with Crippen molar-refractivity contribution in [1.29, 1.82) is 0 Å². The molecule has 3 N–H and O–H groups in total. The van der Waals surface area contributed by atoms with Crippen molar-refractivity contribution in [2.24, 2.45) is 0 Å². The second kappa shape index (κ2) is 4.46. The Morgan fingerprint density at radius 2 is 2.20 bits per heavy atom. The summed E-state index contributed by atoms with van der Waals surface area (Å²) in [7, 11) is 0. The monoisotopic (exact) mass is 208 g/mol. The molecule has 1 saturated heterocycles. The Hall–Kier alpha value is -1.33. The molecule has 0 atom stereocenters. The average Bonchev–Trinajstić information content (AvgIpc) is 2.26. The van der Waals surface area contributed by atoms with Crippen molar-refractivity contribution in [2.45, 2.75) is 6.92 Å². The standard InChI is InChI=1S/C10H16N4O/c1-8-2-3-12-10(9(8)11)13-14-4-6-15-7-5-14/h2-3H,4-7,11H2,1H3,(H,12,13). The summed E-state index contributed by atoms with van der Waals surface area (Å²) in [5, 5.41) is 2.07. The molecule has 0 aliphatic carbocycles. The first-order chi connectivity index (χ1) is 7.27. The molecule has 2 rings (SSSR count). The third-order valence-electron chi connectivity index (χ3n) is 2.48. The molecule has 0 aromatic carbocycles. The zero-order valence-corrected chi connectivity index (χ0v) is 8.86. The quantitative estimate of drug-likeness (QED) is 0.746. The van der Waals surface area contributed by atoms with E-state index in [1.165, 1.54) is 0 Å². The first kappa shape index (κ1) is 10.2. The Morgan fingerprint density at radius 1 is 1.47 bits per heavy atom. The molecule has 0 spiro atoms. The van der Waals surface area contributed by atoms with E-state index >= 15 is 0 Å². The summed E-state index contributed by atoms with van der Waals surface area (Å²) in [6, 6.07) is 1.90. The van der Waals surface area contributed by atoms with Crippen LogP contribution in [0.2, 0.25) is 0 Å². The van der Waals surface area contributed by atoms with E-state index in [4.69, 9.17) is 10.5 Å². The lowest BCUT2D eigenvalue weighted by Crippen LogP contribution is -2.40. The minimum absolute atomic E-state index is 0.712. The summed E-state index contributed by atoms with van der Waals surface area (Å²) in [5.74, 6) is 0.733. The van der Waals surface area contributed by atoms with E-state index in [-0.39, 0.29) is 0 Å². The van der Waals surface area contributed by atoms with Crippen molar-refractivity contribution in [3.63, 3.8) is 0 Å². The highest BCUT2D eigenvalue weighted by molar-refractivity contribution is 5.64. The van der Waals surface area contributed by atoms with Crippen LogP contribution >= 0.6 is 0 Å². The number of nitrogens with zero attached hydrogens (tertiary/aromatic N) is 2. The Labute approximate surface area is 89.2 Å². The SMILES string of the molecule is Cc1ccnc(NN2CCOCC2)c1N. The van der Waals surface area contributed by atoms with Crippen LogP contribution < -0.4 is 11.2 Å². The van der Waals surface area contributed by atoms with Crippen LogP contribution in [0.25, 0.3) is 0 Å². The zero-order chi connectivity index (χ0) is 10.7. The lowest BCUT2D eigenvalue weighted by Gasteiger charge is -2.28. The fourth-order valence-corrected chi connectivity index (χ4v) is 1.48. The van der Waals surface area contributed by atoms with Gasteiger partial charge in [-0.05, 0) is 18.6 Å². The Balaban J connectivity index is 2.06. The topological polar surface area (TPSA) is 63.4 Å². The van der Waals surface area contributed by atoms with Crippen LogP contribution in [0.15, 0.2) is 12.3 Å². The zero-order valence-electron chi connectivity index (χ0n) is 8.86. The molecule has 2 heterocycles. The molecule has 1 aromatic rings. The number of nitrogens with one attached hydrogen (secondary N) is 1. The van der Waals surface area contributed by atoms with Crippen molar-refractivity contribution in [3.8, 4) is 0 Å². The molecule has 0 radical (unpaired) electrons. The fraction of sp³-hybridized carbons (Fsp3) is 0.500. The first-order valence-corrected chi connectivity index (χ1v) is 5.08. The number of hydrogen-bond donors (Lipinski definition) is 2. The van der Waals surface area contributed by atoms with E-state index in [1.54, 1.807) is 6.20 Å². The van der Waals surface area contributed by atoms with Crippen LogP contribution in [-0.4, -0.2) is 36.3 Å². The summed E-state index contributed by atoms with van der Waals surface area (Å²) in [6.45, 7) is 5.18. The van der Waals surface area contributed by atoms with Crippen molar-refractivity contribution < 1.29 is 4.74 Å². The number of ether oxygens (including phenoxy) is 1. The van der Waals surface area contributed by atoms with Crippen LogP contribution in [0, 0.1) is 6.92 Å². The van der Waals surface area contributed by atoms with Gasteiger partial charge >= 0.3 is 0 Å². The van der Waals surface area contributed by atoms with Crippen LogP contribution in [-0.2, 0) is 4.74 Å². The smallest absolute Gasteiger partial charge is 0.164 e. The van der Waals surface area contributed by atoms with Crippen LogP contribution in [0.3, 0.4) is 0 Å². The van der Waals surface area contributed by atoms with Crippen molar-refractivity contribution in [2.75, 3.05) is 37.5 Å². The summed E-state index contributed by atoms with van der Waals surface area (Å²) >= 11 is 0. The van der Waals surface area contributed by atoms with Crippen LogP contribution in [0.4, 0.5) is 11.5 Å². The van der Waals surface area contributed by atoms with E-state index < -0.39 is 0 Å². The molecule has 1 aliphatic heterocycles. The summed E-state index contributed by atoms with van der Waals surface area (Å²) in [5.41, 5.74) is 10.9. The number of aromatic nitrogens is 1. The van der Waals surface area contributed by atoms with Crippen LogP contribution in [0.1, 0.15) is 5.56 Å². The van der Waals surface area contributed by atoms with Crippen LogP contribution in [0.5, 0.6) is 0 Å². The van der Waals surface area contributed by atoms with Gasteiger partial charge in [-0.1, -0.05) is 0 Å². The predicted molar refractivity (Wildman–Crippen MR) is 59.4 cm³/mol. The second-order valence-electron chi connectivity index (χ2n) is 3.60. The highest BCUT2D eigenvalue weighted by Gasteiger charge is 2.12. The lowest BCUT2D eigenvalue weighted by molar-refractivity contribution is 0.0495. The van der Waals surface area contributed by atoms with Gasteiger partial charge < -0.3 is 15.9 Å². The van der Waals surface area contributed by atoms with Gasteiger partial charge in [0, 0.05) is 19.3 Å². The maximum absolute atomic E-state index is 5.92. The molecule has 0 amide bonds. The maximum Gasteiger partial charge on any atom is 0.164 e. The second-order valence-corrected chi connectivity index (χ2v) is 3.60. The predicted octanol–water partition coefficient (Wildman–Crippen LogP) is 0.631. The molecule has 0 saturated carbocycles. The molecule has 0 bridgehead atoms. The molecule has 1 fully saturated rings. The molecule has 5 heteroatoms. The number of hydrogen-bond acceptors (Lipinski definition) is 5. The highest BCUT2D eigenvalue weighted by Crippen LogP contribution is 2.19. The van der Waals surface area contributed by atoms with E-state index in [9.17, 15) is 0 Å². The normalized spacial score (nSPS) is 17.7. The van der Waals surface area contributed by atoms with E-state index in [0.717, 1.165) is 37.7 Å². The van der Waals surface area contributed by atoms with Gasteiger partial charge in [0.25, 0.3) is 0 Å². The summed E-state index contributed by atoms with van der Waals surface area (Å²) < 4.78 is 5.26. The average molecular weight is 208 g/mol. The van der Waals surface area contributed by atoms with Gasteiger partial charge in [0.1, 0.15) is 0 Å². The van der Waals surface area contributed by atoms with Gasteiger partial charge in [-0.3, -0.25) is 0 Å². The van der Waals surface area contributed by atoms with E-state index in [0.29, 0.717) is 5.69 Å². The maximum atomic E-state index is 5.92. The number of nitrogen functional groups attached to an aromatic ring is 1. The summed E-state index contributed by atoms with van der Waals surface area (Å²) in [6.07, 6.45) is 1.76. The molecular formula is C10H16N4O. The van der Waals surface area contributed by atoms with Gasteiger partial charge in [0.15, 0.2) is 5.82 Å². The van der Waals surface area contributed by atoms with Gasteiger partial charge in [0.05, 0.1) is 18.9 Å². The van der Waals surface area contributed by atoms with Crippen molar-refractivity contribution in [3.05, 3.63) is 17.8 Å². The third kappa shape index (κ3) is 2.37. The number of hydrazine groups is 1. The molecule has 15 heavy (non-hydrogen) atoms. The number of pyridine rings is 1.